The van der Waals surface area contributed by atoms with Crippen LogP contribution in [0.2, 0.25) is 0 Å². The van der Waals surface area contributed by atoms with Gasteiger partial charge in [-0.1, -0.05) is 0 Å². The summed E-state index contributed by atoms with van der Waals surface area (Å²) >= 11 is 0. The van der Waals surface area contributed by atoms with E-state index in [0.717, 1.165) is 36.8 Å². The van der Waals surface area contributed by atoms with E-state index in [2.05, 4.69) is 29.4 Å². The van der Waals surface area contributed by atoms with Crippen molar-refractivity contribution in [1.82, 2.24) is 19.9 Å². The zero-order valence-corrected chi connectivity index (χ0v) is 14.0. The van der Waals surface area contributed by atoms with Crippen LogP contribution in [0.15, 0.2) is 36.9 Å². The van der Waals surface area contributed by atoms with E-state index in [4.69, 9.17) is 0 Å². The third-order valence-electron chi connectivity index (χ3n) is 2.60. The predicted molar refractivity (Wildman–Crippen MR) is 85.1 cm³/mol. The number of hydrogen-bond acceptors (Lipinski definition) is 7. The second-order valence-electron chi connectivity index (χ2n) is 5.09. The van der Waals surface area contributed by atoms with Crippen LogP contribution in [-0.2, 0) is 4.79 Å². The van der Waals surface area contributed by atoms with Crippen LogP contribution in [0, 0.1) is 0 Å². The number of aromatic nitrogens is 4. The number of ether oxygens (including phenoxy) is 2. The summed E-state index contributed by atoms with van der Waals surface area (Å²) in [7, 11) is 0. The first-order valence-corrected chi connectivity index (χ1v) is 7.37. The number of alkyl halides is 5. The zero-order valence-electron chi connectivity index (χ0n) is 14.0. The highest BCUT2D eigenvalue weighted by molar-refractivity contribution is 6.04. The summed E-state index contributed by atoms with van der Waals surface area (Å²) in [6.45, 7) is 0.531. The van der Waals surface area contributed by atoms with Gasteiger partial charge in [-0.2, -0.15) is 8.78 Å². The van der Waals surface area contributed by atoms with E-state index in [1.807, 2.05) is 0 Å². The lowest BCUT2D eigenvalue weighted by Crippen LogP contribution is -2.20. The highest BCUT2D eigenvalue weighted by Crippen LogP contribution is 2.20. The number of carbonyl (C=O) groups is 1. The summed E-state index contributed by atoms with van der Waals surface area (Å²) < 4.78 is 69.8. The first kappa shape index (κ1) is 20.9. The molecule has 0 saturated carbocycles. The second-order valence-corrected chi connectivity index (χ2v) is 5.09. The quantitative estimate of drug-likeness (QED) is 0.518. The molecule has 0 spiro atoms. The molecule has 0 fully saturated rings. The van der Waals surface area contributed by atoms with E-state index in [1.54, 1.807) is 0 Å². The van der Waals surface area contributed by atoms with Crippen LogP contribution < -0.4 is 9.47 Å². The summed E-state index contributed by atoms with van der Waals surface area (Å²) in [6, 6.07) is 0. The molecular weight excluding hydrogens is 391 g/mol. The maximum atomic E-state index is 12.8. The van der Waals surface area contributed by atoms with Crippen molar-refractivity contribution in [2.45, 2.75) is 19.4 Å². The van der Waals surface area contributed by atoms with Gasteiger partial charge in [-0.25, -0.2) is 9.97 Å². The molecule has 0 saturated heterocycles. The number of rotatable bonds is 7. The van der Waals surface area contributed by atoms with Gasteiger partial charge in [-0.05, 0) is 24.3 Å². The Hall–Kier alpha value is -3.44. The van der Waals surface area contributed by atoms with E-state index >= 15 is 0 Å². The number of nitrogens with zero attached hydrogens (tertiary/aromatic N) is 4. The Bertz CT molecular complexity index is 823. The lowest BCUT2D eigenvalue weighted by Gasteiger charge is -2.11. The molecule has 2 aromatic heterocycles. The van der Waals surface area contributed by atoms with Crippen LogP contribution in [0.1, 0.15) is 18.3 Å². The molecule has 0 aliphatic heterocycles. The van der Waals surface area contributed by atoms with Gasteiger partial charge in [0.2, 0.25) is 11.8 Å². The van der Waals surface area contributed by atoms with Crippen LogP contribution in [0.3, 0.4) is 0 Å². The van der Waals surface area contributed by atoms with Gasteiger partial charge < -0.3 is 9.47 Å². The molecule has 0 N–H and O–H groups in total. The SMILES string of the molecule is CC(F)(F)Oc1cncc(C=CC(=O)C=Cc2cncc(OC(F)(F)F)n2)n1. The van der Waals surface area contributed by atoms with E-state index in [-0.39, 0.29) is 11.4 Å². The van der Waals surface area contributed by atoms with E-state index in [0.29, 0.717) is 6.92 Å². The Morgan fingerprint density at radius 1 is 0.857 bits per heavy atom. The average molecular weight is 402 g/mol. The van der Waals surface area contributed by atoms with Gasteiger partial charge in [0.05, 0.1) is 36.2 Å². The lowest BCUT2D eigenvalue weighted by molar-refractivity contribution is -0.276. The fraction of sp³-hybridized carbons (Fsp3) is 0.188. The number of ketones is 1. The predicted octanol–water partition coefficient (Wildman–Crippen LogP) is 3.45. The third-order valence-corrected chi connectivity index (χ3v) is 2.60. The van der Waals surface area contributed by atoms with Crippen LogP contribution in [-0.4, -0.2) is 38.2 Å². The minimum atomic E-state index is -4.92. The smallest absolute Gasteiger partial charge is 0.413 e. The van der Waals surface area contributed by atoms with Gasteiger partial charge in [-0.15, -0.1) is 13.2 Å². The van der Waals surface area contributed by atoms with Crippen LogP contribution >= 0.6 is 0 Å². The largest absolute Gasteiger partial charge is 0.574 e. The normalized spacial score (nSPS) is 12.5. The molecular formula is C16H11F5N4O3. The highest BCUT2D eigenvalue weighted by atomic mass is 19.4. The Balaban J connectivity index is 2.02. The van der Waals surface area contributed by atoms with Gasteiger partial charge in [0.15, 0.2) is 5.78 Å². The molecule has 0 unspecified atom stereocenters. The van der Waals surface area contributed by atoms with Gasteiger partial charge in [0.25, 0.3) is 0 Å². The second kappa shape index (κ2) is 8.50. The monoisotopic (exact) mass is 402 g/mol. The fourth-order valence-electron chi connectivity index (χ4n) is 1.68. The molecule has 0 bridgehead atoms. The fourth-order valence-corrected chi connectivity index (χ4v) is 1.68. The van der Waals surface area contributed by atoms with Crippen molar-refractivity contribution < 1.29 is 36.2 Å². The number of carbonyl (C=O) groups excluding carboxylic acids is 1. The summed E-state index contributed by atoms with van der Waals surface area (Å²) in [4.78, 5) is 26.2. The molecule has 12 heteroatoms. The molecule has 2 heterocycles. The molecule has 0 aliphatic rings. The Labute approximate surface area is 154 Å². The number of allylic oxidation sites excluding steroid dienone is 2. The summed E-state index contributed by atoms with van der Waals surface area (Å²) in [5.74, 6) is -1.80. The molecule has 2 rings (SSSR count). The first-order valence-electron chi connectivity index (χ1n) is 7.37. The van der Waals surface area contributed by atoms with E-state index in [9.17, 15) is 26.7 Å². The summed E-state index contributed by atoms with van der Waals surface area (Å²) in [6.07, 6.45) is 0.0546. The van der Waals surface area contributed by atoms with Crippen molar-refractivity contribution in [1.29, 1.82) is 0 Å². The number of hydrogen-bond donors (Lipinski definition) is 0. The standard InChI is InChI=1S/C16H11F5N4O3/c1-15(17,18)27-13-8-22-6-10(24-13)2-4-12(26)5-3-11-7-23-9-14(25-11)28-16(19,20)21/h2-9H,1H3. The van der Waals surface area contributed by atoms with Crippen LogP contribution in [0.4, 0.5) is 22.0 Å². The van der Waals surface area contributed by atoms with Gasteiger partial charge >= 0.3 is 12.5 Å². The summed E-state index contributed by atoms with van der Waals surface area (Å²) in [5, 5.41) is 0. The molecule has 0 aliphatic carbocycles. The molecule has 148 valence electrons. The van der Waals surface area contributed by atoms with Gasteiger partial charge in [-0.3, -0.25) is 14.8 Å². The van der Waals surface area contributed by atoms with E-state index in [1.165, 1.54) is 12.3 Å². The molecule has 0 atom stereocenters. The maximum Gasteiger partial charge on any atom is 0.574 e. The molecule has 2 aromatic rings. The van der Waals surface area contributed by atoms with Crippen LogP contribution in [0.25, 0.3) is 12.2 Å². The van der Waals surface area contributed by atoms with Crippen molar-refractivity contribution in [2.75, 3.05) is 0 Å². The van der Waals surface area contributed by atoms with Crippen molar-refractivity contribution in [3.8, 4) is 11.8 Å². The molecule has 0 amide bonds. The Morgan fingerprint density at radius 3 is 1.75 bits per heavy atom. The van der Waals surface area contributed by atoms with E-state index < -0.39 is 30.0 Å². The average Bonchev–Trinajstić information content (AvgIpc) is 2.56. The third kappa shape index (κ3) is 7.85. The van der Waals surface area contributed by atoms with Crippen molar-refractivity contribution >= 4 is 17.9 Å². The van der Waals surface area contributed by atoms with Gasteiger partial charge in [0.1, 0.15) is 0 Å². The number of halogens is 5. The minimum absolute atomic E-state index is 0.0520. The topological polar surface area (TPSA) is 87.1 Å². The minimum Gasteiger partial charge on any atom is -0.413 e. The molecule has 7 nitrogen and oxygen atoms in total. The Kier molecular flexibility index (Phi) is 6.33. The van der Waals surface area contributed by atoms with Gasteiger partial charge in [0, 0.05) is 6.92 Å². The summed E-state index contributed by atoms with van der Waals surface area (Å²) in [5.41, 5.74) is 0.0210. The first-order chi connectivity index (χ1) is 13.0. The molecule has 0 radical (unpaired) electrons. The molecule has 28 heavy (non-hydrogen) atoms. The lowest BCUT2D eigenvalue weighted by atomic mass is 10.2. The van der Waals surface area contributed by atoms with Crippen molar-refractivity contribution in [3.05, 3.63) is 48.3 Å². The highest BCUT2D eigenvalue weighted by Gasteiger charge is 2.32. The van der Waals surface area contributed by atoms with Crippen LogP contribution in [0.5, 0.6) is 11.8 Å². The van der Waals surface area contributed by atoms with Crippen molar-refractivity contribution in [2.24, 2.45) is 0 Å². The Morgan fingerprint density at radius 2 is 1.32 bits per heavy atom. The van der Waals surface area contributed by atoms with Crippen molar-refractivity contribution in [3.63, 3.8) is 0 Å². The maximum absolute atomic E-state index is 12.8. The zero-order chi connectivity index (χ0) is 20.8. The molecule has 0 aromatic carbocycles.